The van der Waals surface area contributed by atoms with Gasteiger partial charge in [0.25, 0.3) is 5.91 Å². The number of aryl methyl sites for hydroxylation is 1. The Hall–Kier alpha value is -2.40. The van der Waals surface area contributed by atoms with Crippen LogP contribution >= 0.6 is 0 Å². The summed E-state index contributed by atoms with van der Waals surface area (Å²) < 4.78 is 18.2. The van der Waals surface area contributed by atoms with Crippen LogP contribution in [0.15, 0.2) is 48.5 Å². The largest absolute Gasteiger partial charge is 0.497 e. The quantitative estimate of drug-likeness (QED) is 0.908. The van der Waals surface area contributed by atoms with Crippen LogP contribution in [0, 0.1) is 5.82 Å². The first kappa shape index (κ1) is 17.4. The predicted molar refractivity (Wildman–Crippen MR) is 95.4 cm³/mol. The fourth-order valence-corrected chi connectivity index (χ4v) is 3.13. The molecule has 2 aromatic carbocycles. The molecule has 1 amide bonds. The Morgan fingerprint density at radius 1 is 1.28 bits per heavy atom. The van der Waals surface area contributed by atoms with E-state index < -0.39 is 0 Å². The van der Waals surface area contributed by atoms with Crippen LogP contribution in [-0.2, 0) is 6.42 Å². The minimum Gasteiger partial charge on any atom is -0.497 e. The Kier molecular flexibility index (Phi) is 5.66. The summed E-state index contributed by atoms with van der Waals surface area (Å²) in [6, 6.07) is 14.1. The number of benzene rings is 2. The standard InChI is InChI=1S/C20H23FN2O2/c1-25-19-4-2-3-16(13-19)20(24)23-12-11-22-18(14-23)10-7-15-5-8-17(21)9-6-15/h2-6,8-9,13,18,22H,7,10-12,14H2,1H3. The number of amides is 1. The van der Waals surface area contributed by atoms with Crippen molar-refractivity contribution < 1.29 is 13.9 Å². The number of halogens is 1. The average molecular weight is 342 g/mol. The molecule has 0 spiro atoms. The summed E-state index contributed by atoms with van der Waals surface area (Å²) in [6.45, 7) is 2.16. The molecule has 0 bridgehead atoms. The van der Waals surface area contributed by atoms with Gasteiger partial charge in [-0.05, 0) is 48.7 Å². The molecule has 1 fully saturated rings. The summed E-state index contributed by atoms with van der Waals surface area (Å²) in [5.41, 5.74) is 1.76. The summed E-state index contributed by atoms with van der Waals surface area (Å²) in [7, 11) is 1.60. The third-order valence-corrected chi connectivity index (χ3v) is 4.55. The van der Waals surface area contributed by atoms with Gasteiger partial charge in [0.05, 0.1) is 7.11 Å². The van der Waals surface area contributed by atoms with E-state index in [9.17, 15) is 9.18 Å². The van der Waals surface area contributed by atoms with E-state index in [1.165, 1.54) is 12.1 Å². The Bertz CT molecular complexity index is 718. The molecule has 1 unspecified atom stereocenters. The predicted octanol–water partition coefficient (Wildman–Crippen LogP) is 2.88. The zero-order valence-corrected chi connectivity index (χ0v) is 14.4. The van der Waals surface area contributed by atoms with Gasteiger partial charge in [-0.15, -0.1) is 0 Å². The van der Waals surface area contributed by atoms with Crippen molar-refractivity contribution in [2.75, 3.05) is 26.7 Å². The number of carbonyl (C=O) groups excluding carboxylic acids is 1. The third-order valence-electron chi connectivity index (χ3n) is 4.55. The van der Waals surface area contributed by atoms with Gasteiger partial charge in [-0.3, -0.25) is 4.79 Å². The highest BCUT2D eigenvalue weighted by molar-refractivity contribution is 5.94. The van der Waals surface area contributed by atoms with E-state index in [2.05, 4.69) is 5.32 Å². The van der Waals surface area contributed by atoms with Crippen LogP contribution in [0.3, 0.4) is 0 Å². The lowest BCUT2D eigenvalue weighted by atomic mass is 10.0. The van der Waals surface area contributed by atoms with Gasteiger partial charge in [0.1, 0.15) is 11.6 Å². The molecule has 4 nitrogen and oxygen atoms in total. The summed E-state index contributed by atoms with van der Waals surface area (Å²) >= 11 is 0. The lowest BCUT2D eigenvalue weighted by molar-refractivity contribution is 0.0699. The molecule has 5 heteroatoms. The van der Waals surface area contributed by atoms with Gasteiger partial charge in [0.15, 0.2) is 0 Å². The molecule has 25 heavy (non-hydrogen) atoms. The van der Waals surface area contributed by atoms with Crippen molar-refractivity contribution >= 4 is 5.91 Å². The Morgan fingerprint density at radius 2 is 2.08 bits per heavy atom. The molecular formula is C20H23FN2O2. The van der Waals surface area contributed by atoms with Crippen LogP contribution in [0.4, 0.5) is 4.39 Å². The number of rotatable bonds is 5. The monoisotopic (exact) mass is 342 g/mol. The van der Waals surface area contributed by atoms with E-state index >= 15 is 0 Å². The van der Waals surface area contributed by atoms with E-state index in [0.717, 1.165) is 24.9 Å². The number of hydrogen-bond acceptors (Lipinski definition) is 3. The van der Waals surface area contributed by atoms with E-state index in [4.69, 9.17) is 4.74 Å². The van der Waals surface area contributed by atoms with Crippen LogP contribution in [0.25, 0.3) is 0 Å². The van der Waals surface area contributed by atoms with E-state index in [1.807, 2.05) is 35.2 Å². The summed E-state index contributed by atoms with van der Waals surface area (Å²) in [4.78, 5) is 14.6. The number of ether oxygens (including phenoxy) is 1. The van der Waals surface area contributed by atoms with Crippen LogP contribution < -0.4 is 10.1 Å². The zero-order valence-electron chi connectivity index (χ0n) is 14.4. The smallest absolute Gasteiger partial charge is 0.254 e. The number of piperazine rings is 1. The van der Waals surface area contributed by atoms with Crippen LogP contribution in [-0.4, -0.2) is 43.6 Å². The minimum atomic E-state index is -0.213. The fourth-order valence-electron chi connectivity index (χ4n) is 3.13. The molecule has 1 aliphatic heterocycles. The van der Waals surface area contributed by atoms with Gasteiger partial charge in [0.2, 0.25) is 0 Å². The first-order valence-corrected chi connectivity index (χ1v) is 8.57. The Morgan fingerprint density at radius 3 is 2.84 bits per heavy atom. The van der Waals surface area contributed by atoms with Crippen molar-refractivity contribution in [2.45, 2.75) is 18.9 Å². The zero-order chi connectivity index (χ0) is 17.6. The van der Waals surface area contributed by atoms with Crippen LogP contribution in [0.5, 0.6) is 5.75 Å². The molecule has 0 radical (unpaired) electrons. The van der Waals surface area contributed by atoms with Gasteiger partial charge >= 0.3 is 0 Å². The molecule has 0 aliphatic carbocycles. The van der Waals surface area contributed by atoms with E-state index in [0.29, 0.717) is 24.4 Å². The number of nitrogens with zero attached hydrogens (tertiary/aromatic N) is 1. The van der Waals surface area contributed by atoms with Gasteiger partial charge < -0.3 is 15.0 Å². The highest BCUT2D eigenvalue weighted by Gasteiger charge is 2.24. The first-order chi connectivity index (χ1) is 12.2. The topological polar surface area (TPSA) is 41.6 Å². The maximum Gasteiger partial charge on any atom is 0.254 e. The molecule has 1 aliphatic rings. The Balaban J connectivity index is 1.58. The average Bonchev–Trinajstić information content (AvgIpc) is 2.67. The second-order valence-corrected chi connectivity index (χ2v) is 6.30. The lowest BCUT2D eigenvalue weighted by Gasteiger charge is -2.34. The van der Waals surface area contributed by atoms with Gasteiger partial charge in [0, 0.05) is 31.2 Å². The summed E-state index contributed by atoms with van der Waals surface area (Å²) in [5, 5.41) is 3.47. The molecule has 1 N–H and O–H groups in total. The van der Waals surface area contributed by atoms with Gasteiger partial charge in [-0.1, -0.05) is 18.2 Å². The second-order valence-electron chi connectivity index (χ2n) is 6.30. The molecule has 1 atom stereocenters. The van der Waals surface area contributed by atoms with Crippen molar-refractivity contribution in [1.82, 2.24) is 10.2 Å². The molecule has 0 aromatic heterocycles. The number of hydrogen-bond donors (Lipinski definition) is 1. The number of nitrogens with one attached hydrogen (secondary N) is 1. The molecular weight excluding hydrogens is 319 g/mol. The van der Waals surface area contributed by atoms with Crippen molar-refractivity contribution in [2.24, 2.45) is 0 Å². The highest BCUT2D eigenvalue weighted by atomic mass is 19.1. The number of carbonyl (C=O) groups is 1. The summed E-state index contributed by atoms with van der Waals surface area (Å²) in [5.74, 6) is 0.510. The lowest BCUT2D eigenvalue weighted by Crippen LogP contribution is -2.52. The van der Waals surface area contributed by atoms with Crippen molar-refractivity contribution in [3.8, 4) is 5.75 Å². The minimum absolute atomic E-state index is 0.0344. The molecule has 132 valence electrons. The maximum atomic E-state index is 13.0. The fraction of sp³-hybridized carbons (Fsp3) is 0.350. The van der Waals surface area contributed by atoms with Gasteiger partial charge in [-0.2, -0.15) is 0 Å². The van der Waals surface area contributed by atoms with Crippen LogP contribution in [0.2, 0.25) is 0 Å². The van der Waals surface area contributed by atoms with Crippen molar-refractivity contribution in [1.29, 1.82) is 0 Å². The molecule has 3 rings (SSSR count). The van der Waals surface area contributed by atoms with E-state index in [-0.39, 0.29) is 17.8 Å². The number of methoxy groups -OCH3 is 1. The molecule has 2 aromatic rings. The van der Waals surface area contributed by atoms with Gasteiger partial charge in [-0.25, -0.2) is 4.39 Å². The normalized spacial score (nSPS) is 17.4. The SMILES string of the molecule is COc1cccc(C(=O)N2CCNC(CCc3ccc(F)cc3)C2)c1. The molecule has 0 saturated carbocycles. The van der Waals surface area contributed by atoms with Crippen LogP contribution in [0.1, 0.15) is 22.3 Å². The molecule has 1 heterocycles. The Labute approximate surface area is 147 Å². The van der Waals surface area contributed by atoms with Crippen molar-refractivity contribution in [3.63, 3.8) is 0 Å². The first-order valence-electron chi connectivity index (χ1n) is 8.57. The van der Waals surface area contributed by atoms with E-state index in [1.54, 1.807) is 13.2 Å². The third kappa shape index (κ3) is 4.57. The van der Waals surface area contributed by atoms with Crippen molar-refractivity contribution in [3.05, 3.63) is 65.5 Å². The maximum absolute atomic E-state index is 13.0. The second kappa shape index (κ2) is 8.12. The highest BCUT2D eigenvalue weighted by Crippen LogP contribution is 2.16. The molecule has 1 saturated heterocycles. The summed E-state index contributed by atoms with van der Waals surface area (Å²) in [6.07, 6.45) is 1.77.